The molecule has 1 amide bonds. The number of pyridine rings is 2. The van der Waals surface area contributed by atoms with E-state index in [4.69, 9.17) is 9.73 Å². The third-order valence-corrected chi connectivity index (χ3v) is 6.75. The third kappa shape index (κ3) is 5.11. The molecule has 0 spiro atoms. The number of nitrogens with zero attached hydrogens (tertiary/aromatic N) is 3. The number of halogens is 1. The summed E-state index contributed by atoms with van der Waals surface area (Å²) < 4.78 is 19.0. The highest BCUT2D eigenvalue weighted by Gasteiger charge is 2.43. The summed E-state index contributed by atoms with van der Waals surface area (Å²) >= 11 is 0. The Morgan fingerprint density at radius 2 is 1.67 bits per heavy atom. The molecule has 6 nitrogen and oxygen atoms in total. The number of benzene rings is 3. The summed E-state index contributed by atoms with van der Waals surface area (Å²) in [7, 11) is 1.62. The first-order valence-electron chi connectivity index (χ1n) is 12.7. The van der Waals surface area contributed by atoms with Crippen LogP contribution in [0, 0.1) is 5.92 Å². The van der Waals surface area contributed by atoms with Gasteiger partial charge >= 0.3 is 0 Å². The van der Waals surface area contributed by atoms with Crippen LogP contribution in [0.1, 0.15) is 17.5 Å². The number of aliphatic imine (C=N–C) groups is 1. The van der Waals surface area contributed by atoms with Gasteiger partial charge in [-0.15, -0.1) is 0 Å². The lowest BCUT2D eigenvalue weighted by molar-refractivity contribution is -0.117. The van der Waals surface area contributed by atoms with Gasteiger partial charge < -0.3 is 10.1 Å². The molecule has 5 aromatic rings. The van der Waals surface area contributed by atoms with Gasteiger partial charge in [-0.3, -0.25) is 9.78 Å². The van der Waals surface area contributed by atoms with E-state index in [1.165, 1.54) is 0 Å². The lowest BCUT2D eigenvalue weighted by Gasteiger charge is -2.13. The number of alkyl halides is 1. The number of carbonyl (C=O) groups is 1. The molecule has 1 N–H and O–H groups in total. The van der Waals surface area contributed by atoms with Crippen LogP contribution in [-0.2, 0) is 4.79 Å². The Kier molecular flexibility index (Phi) is 6.55. The second-order valence-corrected chi connectivity index (χ2v) is 9.40. The summed E-state index contributed by atoms with van der Waals surface area (Å²) in [4.78, 5) is 26.3. The SMILES string of the molecule is COc1ccncc1-c1cc(N=C(c2ccccc2)c2ccccc2)c2cnc(NC(=O)[C@@H]3C[C@H]3F)cc2c1. The average molecular weight is 517 g/mol. The number of hydrogen-bond acceptors (Lipinski definition) is 5. The lowest BCUT2D eigenvalue weighted by Crippen LogP contribution is -2.15. The van der Waals surface area contributed by atoms with E-state index in [1.807, 2.05) is 78.9 Å². The van der Waals surface area contributed by atoms with Gasteiger partial charge in [-0.1, -0.05) is 60.7 Å². The summed E-state index contributed by atoms with van der Waals surface area (Å²) in [6.45, 7) is 0. The molecule has 2 atom stereocenters. The fourth-order valence-electron chi connectivity index (χ4n) is 4.59. The topological polar surface area (TPSA) is 76.5 Å². The molecule has 3 aromatic carbocycles. The van der Waals surface area contributed by atoms with Crippen LogP contribution in [-0.4, -0.2) is 34.9 Å². The molecule has 39 heavy (non-hydrogen) atoms. The molecular weight excluding hydrogens is 491 g/mol. The molecule has 0 radical (unpaired) electrons. The van der Waals surface area contributed by atoms with Crippen LogP contribution in [0.15, 0.2) is 109 Å². The first kappa shape index (κ1) is 24.4. The molecule has 0 bridgehead atoms. The van der Waals surface area contributed by atoms with Gasteiger partial charge in [-0.05, 0) is 41.6 Å². The maximum Gasteiger partial charge on any atom is 0.231 e. The standard InChI is InChI=1S/C32H25FN4O2/c1-39-29-12-13-34-18-26(29)22-14-23-16-30(37-32(38)24-17-27(24)33)35-19-25(23)28(15-22)36-31(20-8-4-2-5-9-20)21-10-6-3-7-11-21/h2-16,18-19,24,27H,17H2,1H3,(H,35,37,38)/t24-,27-/m1/s1. The third-order valence-electron chi connectivity index (χ3n) is 6.75. The van der Waals surface area contributed by atoms with Crippen molar-refractivity contribution in [2.75, 3.05) is 12.4 Å². The molecule has 1 aliphatic carbocycles. The largest absolute Gasteiger partial charge is 0.496 e. The molecule has 0 saturated heterocycles. The molecule has 7 heteroatoms. The Morgan fingerprint density at radius 3 is 2.31 bits per heavy atom. The average Bonchev–Trinajstić information content (AvgIpc) is 3.73. The second kappa shape index (κ2) is 10.5. The van der Waals surface area contributed by atoms with Crippen molar-refractivity contribution in [3.05, 3.63) is 115 Å². The van der Waals surface area contributed by atoms with Gasteiger partial charge in [0.05, 0.1) is 24.4 Å². The number of hydrogen-bond donors (Lipinski definition) is 1. The number of rotatable bonds is 7. The molecule has 2 aromatic heterocycles. The molecular formula is C32H25FN4O2. The maximum atomic E-state index is 13.4. The van der Waals surface area contributed by atoms with Gasteiger partial charge in [0.2, 0.25) is 5.91 Å². The number of carbonyl (C=O) groups excluding carboxylic acids is 1. The Balaban J connectivity index is 1.54. The van der Waals surface area contributed by atoms with Crippen LogP contribution in [0.3, 0.4) is 0 Å². The van der Waals surface area contributed by atoms with Crippen molar-refractivity contribution in [1.82, 2.24) is 9.97 Å². The highest BCUT2D eigenvalue weighted by atomic mass is 19.1. The van der Waals surface area contributed by atoms with Crippen LogP contribution in [0.4, 0.5) is 15.9 Å². The minimum absolute atomic E-state index is 0.255. The molecule has 0 aliphatic heterocycles. The van der Waals surface area contributed by atoms with E-state index in [-0.39, 0.29) is 12.3 Å². The van der Waals surface area contributed by atoms with Gasteiger partial charge in [0, 0.05) is 40.7 Å². The summed E-state index contributed by atoms with van der Waals surface area (Å²) in [6.07, 6.45) is 4.30. The van der Waals surface area contributed by atoms with E-state index in [1.54, 1.807) is 31.8 Å². The molecule has 6 rings (SSSR count). The minimum Gasteiger partial charge on any atom is -0.496 e. The fraction of sp³-hybridized carbons (Fsp3) is 0.125. The number of anilines is 1. The summed E-state index contributed by atoms with van der Waals surface area (Å²) in [5, 5.41) is 4.38. The van der Waals surface area contributed by atoms with Crippen LogP contribution >= 0.6 is 0 Å². The predicted octanol–water partition coefficient (Wildman–Crippen LogP) is 6.77. The van der Waals surface area contributed by atoms with Crippen molar-refractivity contribution in [2.45, 2.75) is 12.6 Å². The van der Waals surface area contributed by atoms with E-state index >= 15 is 0 Å². The molecule has 1 aliphatic rings. The Labute approximate surface area is 225 Å². The van der Waals surface area contributed by atoms with Crippen LogP contribution in [0.25, 0.3) is 21.9 Å². The zero-order chi connectivity index (χ0) is 26.8. The van der Waals surface area contributed by atoms with E-state index in [9.17, 15) is 9.18 Å². The highest BCUT2D eigenvalue weighted by molar-refractivity contribution is 6.15. The number of fused-ring (bicyclic) bond motifs is 1. The van der Waals surface area contributed by atoms with Crippen molar-refractivity contribution in [3.8, 4) is 16.9 Å². The molecule has 0 unspecified atom stereocenters. The van der Waals surface area contributed by atoms with Crippen molar-refractivity contribution >= 4 is 33.9 Å². The molecule has 192 valence electrons. The Bertz CT molecular complexity index is 1650. The predicted molar refractivity (Wildman–Crippen MR) is 151 cm³/mol. The first-order valence-corrected chi connectivity index (χ1v) is 12.7. The van der Waals surface area contributed by atoms with Crippen LogP contribution in [0.5, 0.6) is 5.75 Å². The zero-order valence-electron chi connectivity index (χ0n) is 21.2. The van der Waals surface area contributed by atoms with Gasteiger partial charge in [0.15, 0.2) is 0 Å². The quantitative estimate of drug-likeness (QED) is 0.242. The Morgan fingerprint density at radius 1 is 0.974 bits per heavy atom. The minimum atomic E-state index is -1.08. The van der Waals surface area contributed by atoms with E-state index in [2.05, 4.69) is 15.3 Å². The smallest absolute Gasteiger partial charge is 0.231 e. The number of nitrogens with one attached hydrogen (secondary N) is 1. The number of methoxy groups -OCH3 is 1. The number of ether oxygens (including phenoxy) is 1. The lowest BCUT2D eigenvalue weighted by atomic mass is 9.99. The second-order valence-electron chi connectivity index (χ2n) is 9.40. The maximum absolute atomic E-state index is 13.4. The number of aromatic nitrogens is 2. The molecule has 1 fully saturated rings. The zero-order valence-corrected chi connectivity index (χ0v) is 21.2. The van der Waals surface area contributed by atoms with Crippen LogP contribution in [0.2, 0.25) is 0 Å². The summed E-state index contributed by atoms with van der Waals surface area (Å²) in [5.74, 6) is 0.0835. The van der Waals surface area contributed by atoms with Crippen molar-refractivity contribution in [3.63, 3.8) is 0 Å². The van der Waals surface area contributed by atoms with Gasteiger partial charge in [-0.2, -0.15) is 0 Å². The normalized spacial score (nSPS) is 15.9. The van der Waals surface area contributed by atoms with E-state index in [0.29, 0.717) is 17.3 Å². The van der Waals surface area contributed by atoms with Crippen molar-refractivity contribution in [2.24, 2.45) is 10.9 Å². The van der Waals surface area contributed by atoms with Gasteiger partial charge in [0.25, 0.3) is 0 Å². The Hall–Kier alpha value is -4.91. The van der Waals surface area contributed by atoms with Crippen molar-refractivity contribution < 1.29 is 13.9 Å². The summed E-state index contributed by atoms with van der Waals surface area (Å²) in [5.41, 5.74) is 5.12. The fourth-order valence-corrected chi connectivity index (χ4v) is 4.59. The van der Waals surface area contributed by atoms with Gasteiger partial charge in [0.1, 0.15) is 17.7 Å². The summed E-state index contributed by atoms with van der Waals surface area (Å²) in [6, 6.07) is 27.6. The molecule has 1 saturated carbocycles. The molecule has 2 heterocycles. The first-order chi connectivity index (χ1) is 19.1. The van der Waals surface area contributed by atoms with E-state index in [0.717, 1.165) is 38.7 Å². The monoisotopic (exact) mass is 516 g/mol. The van der Waals surface area contributed by atoms with Gasteiger partial charge in [-0.25, -0.2) is 14.4 Å². The van der Waals surface area contributed by atoms with E-state index < -0.39 is 12.1 Å². The van der Waals surface area contributed by atoms with Crippen molar-refractivity contribution in [1.29, 1.82) is 0 Å². The highest BCUT2D eigenvalue weighted by Crippen LogP contribution is 2.38. The van der Waals surface area contributed by atoms with Crippen LogP contribution < -0.4 is 10.1 Å². The number of amides is 1.